The summed E-state index contributed by atoms with van der Waals surface area (Å²) in [7, 11) is 0. The molecule has 0 spiro atoms. The van der Waals surface area contributed by atoms with Crippen molar-refractivity contribution < 1.29 is 33.6 Å². The molecule has 0 radical (unpaired) electrons. The van der Waals surface area contributed by atoms with Gasteiger partial charge in [0, 0.05) is 17.2 Å². The first-order valence-corrected chi connectivity index (χ1v) is 11.9. The zero-order valence-corrected chi connectivity index (χ0v) is 21.2. The van der Waals surface area contributed by atoms with Gasteiger partial charge in [0.05, 0.1) is 36.4 Å². The Morgan fingerprint density at radius 3 is 2.34 bits per heavy atom. The first-order chi connectivity index (χ1) is 18.1. The van der Waals surface area contributed by atoms with Crippen LogP contribution in [0.15, 0.2) is 52.8 Å². The number of hydrogen-bond acceptors (Lipinski definition) is 7. The van der Waals surface area contributed by atoms with Gasteiger partial charge in [-0.3, -0.25) is 0 Å². The third kappa shape index (κ3) is 5.07. The minimum atomic E-state index is -1.25. The summed E-state index contributed by atoms with van der Waals surface area (Å²) in [5.41, 5.74) is 2.59. The largest absolute Gasteiger partial charge is 0.494 e. The van der Waals surface area contributed by atoms with Gasteiger partial charge in [-0.2, -0.15) is 0 Å². The Hall–Kier alpha value is -3.97. The van der Waals surface area contributed by atoms with Gasteiger partial charge in [0.25, 0.3) is 0 Å². The number of rotatable bonds is 6. The van der Waals surface area contributed by atoms with Crippen molar-refractivity contribution in [3.05, 3.63) is 88.3 Å². The minimum Gasteiger partial charge on any atom is -0.494 e. The number of benzene rings is 2. The highest BCUT2D eigenvalue weighted by molar-refractivity contribution is 5.82. The summed E-state index contributed by atoms with van der Waals surface area (Å²) in [4.78, 5) is 6.20. The van der Waals surface area contributed by atoms with Crippen molar-refractivity contribution in [3.8, 4) is 23.2 Å². The molecular formula is C29H28F2N2O5. The summed E-state index contributed by atoms with van der Waals surface area (Å²) in [5, 5.41) is 39.6. The fraction of sp³-hybridized carbons (Fsp3) is 0.276. The molecule has 2 aromatic carbocycles. The van der Waals surface area contributed by atoms with Crippen molar-refractivity contribution in [1.29, 1.82) is 0 Å². The van der Waals surface area contributed by atoms with Gasteiger partial charge in [-0.1, -0.05) is 11.8 Å². The molecule has 1 aliphatic rings. The topological polar surface area (TPSA) is 110 Å². The first kappa shape index (κ1) is 27.1. The predicted octanol–water partition coefficient (Wildman–Crippen LogP) is 4.13. The highest BCUT2D eigenvalue weighted by Gasteiger charge is 2.35. The van der Waals surface area contributed by atoms with E-state index in [4.69, 9.17) is 9.52 Å². The van der Waals surface area contributed by atoms with Crippen LogP contribution in [0, 0.1) is 37.3 Å². The lowest BCUT2D eigenvalue weighted by molar-refractivity contribution is 0.109. The third-order valence-electron chi connectivity index (χ3n) is 6.43. The van der Waals surface area contributed by atoms with Crippen molar-refractivity contribution in [2.45, 2.75) is 26.2 Å². The number of allylic oxidation sites excluding steroid dienone is 2. The van der Waals surface area contributed by atoms with Crippen LogP contribution < -0.4 is 4.90 Å². The van der Waals surface area contributed by atoms with Gasteiger partial charge >= 0.3 is 0 Å². The molecule has 3 aromatic rings. The standard InChI is InChI=1S/C29H28F2N2O5/c1-17-11-19(5-4-10-34)12-18(2)26(17)33-14-20(6-9-24(33)37)25-27(22-8-7-21(30)13-23(22)31)38-28(32-25)29(3,15-35)16-36/h6-9,11-13,34-37H,10,14-16H2,1-3H3. The zero-order valence-electron chi connectivity index (χ0n) is 21.2. The van der Waals surface area contributed by atoms with Crippen LogP contribution in [0.5, 0.6) is 0 Å². The average Bonchev–Trinajstić information content (AvgIpc) is 3.33. The maximum absolute atomic E-state index is 14.9. The number of aliphatic hydroxyl groups is 4. The van der Waals surface area contributed by atoms with Crippen LogP contribution in [0.1, 0.15) is 35.2 Å². The van der Waals surface area contributed by atoms with E-state index in [0.717, 1.165) is 34.5 Å². The molecule has 38 heavy (non-hydrogen) atoms. The molecule has 1 aliphatic heterocycles. The van der Waals surface area contributed by atoms with Crippen LogP contribution in [0.4, 0.5) is 14.5 Å². The maximum atomic E-state index is 14.9. The second-order valence-corrected chi connectivity index (χ2v) is 9.42. The van der Waals surface area contributed by atoms with Gasteiger partial charge in [0.15, 0.2) is 11.6 Å². The van der Waals surface area contributed by atoms with Crippen molar-refractivity contribution in [2.24, 2.45) is 0 Å². The van der Waals surface area contributed by atoms with E-state index in [1.165, 1.54) is 12.1 Å². The molecule has 0 fully saturated rings. The van der Waals surface area contributed by atoms with Gasteiger partial charge in [-0.25, -0.2) is 13.8 Å². The highest BCUT2D eigenvalue weighted by atomic mass is 19.1. The van der Waals surface area contributed by atoms with Crippen molar-refractivity contribution in [1.82, 2.24) is 4.98 Å². The van der Waals surface area contributed by atoms with Crippen LogP contribution in [0.2, 0.25) is 0 Å². The Balaban J connectivity index is 1.83. The maximum Gasteiger partial charge on any atom is 0.206 e. The molecule has 4 rings (SSSR count). The Morgan fingerprint density at radius 1 is 1.05 bits per heavy atom. The molecule has 0 saturated carbocycles. The van der Waals surface area contributed by atoms with Gasteiger partial charge in [-0.05, 0) is 68.3 Å². The summed E-state index contributed by atoms with van der Waals surface area (Å²) < 4.78 is 34.4. The molecule has 0 saturated heterocycles. The molecular weight excluding hydrogens is 494 g/mol. The Morgan fingerprint density at radius 2 is 1.74 bits per heavy atom. The molecule has 0 amide bonds. The molecule has 1 aromatic heterocycles. The normalized spacial score (nSPS) is 13.6. The second kappa shape index (κ2) is 10.8. The van der Waals surface area contributed by atoms with Gasteiger partial charge in [-0.15, -0.1) is 0 Å². The Labute approximate surface area is 219 Å². The zero-order chi connectivity index (χ0) is 27.6. The average molecular weight is 523 g/mol. The molecule has 0 atom stereocenters. The molecule has 0 aliphatic carbocycles. The van der Waals surface area contributed by atoms with Crippen molar-refractivity contribution in [3.63, 3.8) is 0 Å². The summed E-state index contributed by atoms with van der Waals surface area (Å²) in [6.07, 6.45) is 3.10. The van der Waals surface area contributed by atoms with E-state index in [9.17, 15) is 24.1 Å². The number of anilines is 1. The Bertz CT molecular complexity index is 1470. The quantitative estimate of drug-likeness (QED) is 0.361. The van der Waals surface area contributed by atoms with E-state index in [1.54, 1.807) is 17.9 Å². The predicted molar refractivity (Wildman–Crippen MR) is 139 cm³/mol. The molecule has 9 heteroatoms. The number of aromatic nitrogens is 1. The summed E-state index contributed by atoms with van der Waals surface area (Å²) in [5.74, 6) is 3.86. The smallest absolute Gasteiger partial charge is 0.206 e. The van der Waals surface area contributed by atoms with Crippen LogP contribution >= 0.6 is 0 Å². The Kier molecular flexibility index (Phi) is 7.69. The lowest BCUT2D eigenvalue weighted by atomic mass is 9.93. The fourth-order valence-electron chi connectivity index (χ4n) is 4.35. The molecule has 0 unspecified atom stereocenters. The lowest BCUT2D eigenvalue weighted by Crippen LogP contribution is -2.31. The number of aryl methyl sites for hydroxylation is 2. The molecule has 198 valence electrons. The van der Waals surface area contributed by atoms with Crippen molar-refractivity contribution >= 4 is 11.3 Å². The van der Waals surface area contributed by atoms with Crippen molar-refractivity contribution in [2.75, 3.05) is 31.3 Å². The number of nitrogens with zero attached hydrogens (tertiary/aromatic N) is 2. The monoisotopic (exact) mass is 522 g/mol. The number of halogens is 2. The SMILES string of the molecule is Cc1cc(C#CCO)cc(C)c1N1CC(c2nc(C(C)(CO)CO)oc2-c2ccc(F)cc2F)=CC=C1O. The minimum absolute atomic E-state index is 0.00897. The van der Waals surface area contributed by atoms with Crippen LogP contribution in [-0.2, 0) is 5.41 Å². The lowest BCUT2D eigenvalue weighted by Gasteiger charge is -2.30. The second-order valence-electron chi connectivity index (χ2n) is 9.42. The van der Waals surface area contributed by atoms with Crippen LogP contribution in [0.3, 0.4) is 0 Å². The highest BCUT2D eigenvalue weighted by Crippen LogP contribution is 2.39. The fourth-order valence-corrected chi connectivity index (χ4v) is 4.35. The summed E-state index contributed by atoms with van der Waals surface area (Å²) >= 11 is 0. The van der Waals surface area contributed by atoms with Crippen LogP contribution in [-0.4, -0.2) is 51.8 Å². The number of oxazole rings is 1. The van der Waals surface area contributed by atoms with E-state index in [0.29, 0.717) is 5.57 Å². The van der Waals surface area contributed by atoms with Gasteiger partial charge < -0.3 is 29.7 Å². The van der Waals surface area contributed by atoms with E-state index >= 15 is 0 Å². The molecule has 4 N–H and O–H groups in total. The summed E-state index contributed by atoms with van der Waals surface area (Å²) in [6.45, 7) is 4.20. The van der Waals surface area contributed by atoms with E-state index in [1.807, 2.05) is 26.0 Å². The number of hydrogen-bond donors (Lipinski definition) is 4. The van der Waals surface area contributed by atoms with E-state index in [-0.39, 0.29) is 41.9 Å². The third-order valence-corrected chi connectivity index (χ3v) is 6.43. The van der Waals surface area contributed by atoms with E-state index < -0.39 is 30.3 Å². The van der Waals surface area contributed by atoms with Crippen LogP contribution in [0.25, 0.3) is 16.9 Å². The first-order valence-electron chi connectivity index (χ1n) is 11.9. The molecule has 2 heterocycles. The molecule has 0 bridgehead atoms. The van der Waals surface area contributed by atoms with Gasteiger partial charge in [0.1, 0.15) is 23.9 Å². The van der Waals surface area contributed by atoms with Gasteiger partial charge in [0.2, 0.25) is 5.89 Å². The van der Waals surface area contributed by atoms with E-state index in [2.05, 4.69) is 16.8 Å². The number of aliphatic hydroxyl groups excluding tert-OH is 4. The molecule has 7 nitrogen and oxygen atoms in total. The summed E-state index contributed by atoms with van der Waals surface area (Å²) in [6, 6.07) is 6.76.